The van der Waals surface area contributed by atoms with Crippen molar-refractivity contribution in [3.05, 3.63) is 29.8 Å². The zero-order chi connectivity index (χ0) is 17.7. The number of carbonyl (C=O) groups is 1. The number of anilines is 1. The van der Waals surface area contributed by atoms with Crippen molar-refractivity contribution >= 4 is 21.7 Å². The predicted molar refractivity (Wildman–Crippen MR) is 93.7 cm³/mol. The summed E-state index contributed by atoms with van der Waals surface area (Å²) in [6.45, 7) is 1.60. The molecule has 0 aliphatic heterocycles. The molecule has 6 nitrogen and oxygen atoms in total. The van der Waals surface area contributed by atoms with Gasteiger partial charge in [0.25, 0.3) is 0 Å². The highest BCUT2D eigenvalue weighted by molar-refractivity contribution is 7.88. The molecule has 1 aliphatic rings. The first-order valence-corrected chi connectivity index (χ1v) is 9.89. The SMILES string of the molecule is COC(=O)[C@H](C)N(C1CCCCC1)S(=O)(=O)Cc1ccc(N)cc1. The summed E-state index contributed by atoms with van der Waals surface area (Å²) in [6, 6.07) is 5.80. The molecule has 0 heterocycles. The van der Waals surface area contributed by atoms with E-state index in [-0.39, 0.29) is 11.8 Å². The molecule has 1 aliphatic carbocycles. The summed E-state index contributed by atoms with van der Waals surface area (Å²) in [6.07, 6.45) is 4.62. The molecule has 24 heavy (non-hydrogen) atoms. The van der Waals surface area contributed by atoms with Gasteiger partial charge in [-0.25, -0.2) is 8.42 Å². The minimum Gasteiger partial charge on any atom is -0.468 e. The summed E-state index contributed by atoms with van der Waals surface area (Å²) < 4.78 is 32.2. The molecule has 1 saturated carbocycles. The fourth-order valence-electron chi connectivity index (χ4n) is 3.29. The average Bonchev–Trinajstić information content (AvgIpc) is 2.56. The van der Waals surface area contributed by atoms with Crippen LogP contribution in [0.3, 0.4) is 0 Å². The minimum atomic E-state index is -3.65. The summed E-state index contributed by atoms with van der Waals surface area (Å²) in [4.78, 5) is 12.0. The number of benzene rings is 1. The van der Waals surface area contributed by atoms with Crippen LogP contribution in [0, 0.1) is 0 Å². The standard InChI is InChI=1S/C17H26N2O4S/c1-13(17(20)23-2)19(16-6-4-3-5-7-16)24(21,22)12-14-8-10-15(18)11-9-14/h8-11,13,16H,3-7,12,18H2,1-2H3/t13-/m0/s1. The van der Waals surface area contributed by atoms with Crippen LogP contribution in [0.4, 0.5) is 5.69 Å². The molecule has 0 radical (unpaired) electrons. The minimum absolute atomic E-state index is 0.147. The van der Waals surface area contributed by atoms with Crippen LogP contribution in [0.25, 0.3) is 0 Å². The van der Waals surface area contributed by atoms with Gasteiger partial charge in [-0.2, -0.15) is 4.31 Å². The van der Waals surface area contributed by atoms with Crippen molar-refractivity contribution in [3.63, 3.8) is 0 Å². The van der Waals surface area contributed by atoms with E-state index in [1.54, 1.807) is 31.2 Å². The quantitative estimate of drug-likeness (QED) is 0.625. The van der Waals surface area contributed by atoms with E-state index in [1.165, 1.54) is 11.4 Å². The maximum Gasteiger partial charge on any atom is 0.323 e. The number of hydrogen-bond acceptors (Lipinski definition) is 5. The maximum atomic E-state index is 13.0. The van der Waals surface area contributed by atoms with Gasteiger partial charge in [0.15, 0.2) is 0 Å². The van der Waals surface area contributed by atoms with Crippen molar-refractivity contribution in [2.45, 2.75) is 56.9 Å². The molecule has 1 aromatic carbocycles. The Balaban J connectivity index is 2.29. The average molecular weight is 354 g/mol. The highest BCUT2D eigenvalue weighted by atomic mass is 32.2. The summed E-state index contributed by atoms with van der Waals surface area (Å²) in [5, 5.41) is 0. The van der Waals surface area contributed by atoms with Crippen molar-refractivity contribution < 1.29 is 17.9 Å². The number of nitrogens with two attached hydrogens (primary N) is 1. The number of carbonyl (C=O) groups excluding carboxylic acids is 1. The van der Waals surface area contributed by atoms with E-state index in [4.69, 9.17) is 10.5 Å². The lowest BCUT2D eigenvalue weighted by molar-refractivity contribution is -0.145. The van der Waals surface area contributed by atoms with Crippen LogP contribution in [0.2, 0.25) is 0 Å². The van der Waals surface area contributed by atoms with E-state index in [0.29, 0.717) is 11.3 Å². The third-order valence-electron chi connectivity index (χ3n) is 4.51. The van der Waals surface area contributed by atoms with E-state index in [1.807, 2.05) is 0 Å². The van der Waals surface area contributed by atoms with Gasteiger partial charge in [0, 0.05) is 11.7 Å². The van der Waals surface area contributed by atoms with Crippen LogP contribution in [0.5, 0.6) is 0 Å². The second kappa shape index (κ2) is 7.98. The van der Waals surface area contributed by atoms with Gasteiger partial charge in [-0.05, 0) is 37.5 Å². The van der Waals surface area contributed by atoms with Gasteiger partial charge >= 0.3 is 5.97 Å². The number of sulfonamides is 1. The first kappa shape index (κ1) is 18.7. The van der Waals surface area contributed by atoms with Crippen LogP contribution in [0.1, 0.15) is 44.6 Å². The van der Waals surface area contributed by atoms with E-state index < -0.39 is 22.0 Å². The molecular weight excluding hydrogens is 328 g/mol. The molecule has 1 aromatic rings. The van der Waals surface area contributed by atoms with Gasteiger partial charge in [-0.1, -0.05) is 31.4 Å². The lowest BCUT2D eigenvalue weighted by Crippen LogP contribution is -2.50. The molecule has 7 heteroatoms. The Hall–Kier alpha value is -1.60. The van der Waals surface area contributed by atoms with Crippen LogP contribution < -0.4 is 5.73 Å². The normalized spacial score (nSPS) is 17.6. The number of rotatable bonds is 6. The van der Waals surface area contributed by atoms with Crippen molar-refractivity contribution in [1.29, 1.82) is 0 Å². The van der Waals surface area contributed by atoms with E-state index in [2.05, 4.69) is 0 Å². The number of ether oxygens (including phenoxy) is 1. The smallest absolute Gasteiger partial charge is 0.323 e. The second-order valence-corrected chi connectivity index (χ2v) is 8.19. The summed E-state index contributed by atoms with van der Waals surface area (Å²) >= 11 is 0. The van der Waals surface area contributed by atoms with E-state index >= 15 is 0 Å². The number of methoxy groups -OCH3 is 1. The third kappa shape index (κ3) is 4.48. The van der Waals surface area contributed by atoms with Crippen LogP contribution in [-0.4, -0.2) is 37.9 Å². The zero-order valence-electron chi connectivity index (χ0n) is 14.3. The first-order valence-electron chi connectivity index (χ1n) is 8.28. The molecule has 0 bridgehead atoms. The Morgan fingerprint density at radius 3 is 2.38 bits per heavy atom. The Kier molecular flexibility index (Phi) is 6.23. The van der Waals surface area contributed by atoms with Crippen molar-refractivity contribution in [1.82, 2.24) is 4.31 Å². The lowest BCUT2D eigenvalue weighted by Gasteiger charge is -2.36. The van der Waals surface area contributed by atoms with Crippen LogP contribution in [-0.2, 0) is 25.3 Å². The Labute approximate surface area is 144 Å². The Morgan fingerprint density at radius 1 is 1.25 bits per heavy atom. The number of hydrogen-bond donors (Lipinski definition) is 1. The predicted octanol–water partition coefficient (Wildman–Crippen LogP) is 2.29. The summed E-state index contributed by atoms with van der Waals surface area (Å²) in [7, 11) is -2.37. The molecule has 0 saturated heterocycles. The van der Waals surface area contributed by atoms with Crippen LogP contribution >= 0.6 is 0 Å². The van der Waals surface area contributed by atoms with Gasteiger partial charge in [0.05, 0.1) is 12.9 Å². The maximum absolute atomic E-state index is 13.0. The molecule has 134 valence electrons. The van der Waals surface area contributed by atoms with Crippen molar-refractivity contribution in [3.8, 4) is 0 Å². The summed E-state index contributed by atoms with van der Waals surface area (Å²) in [5.74, 6) is -0.674. The topological polar surface area (TPSA) is 89.7 Å². The first-order chi connectivity index (χ1) is 11.3. The van der Waals surface area contributed by atoms with Crippen LogP contribution in [0.15, 0.2) is 24.3 Å². The molecule has 1 fully saturated rings. The molecule has 0 spiro atoms. The van der Waals surface area contributed by atoms with Gasteiger partial charge in [0.1, 0.15) is 6.04 Å². The molecule has 2 N–H and O–H groups in total. The van der Waals surface area contributed by atoms with E-state index in [9.17, 15) is 13.2 Å². The zero-order valence-corrected chi connectivity index (χ0v) is 15.1. The highest BCUT2D eigenvalue weighted by Gasteiger charge is 2.38. The number of esters is 1. The van der Waals surface area contributed by atoms with Gasteiger partial charge in [-0.3, -0.25) is 4.79 Å². The third-order valence-corrected chi connectivity index (χ3v) is 6.46. The molecule has 0 aromatic heterocycles. The lowest BCUT2D eigenvalue weighted by atomic mass is 9.95. The van der Waals surface area contributed by atoms with Crippen molar-refractivity contribution in [2.75, 3.05) is 12.8 Å². The van der Waals surface area contributed by atoms with Crippen molar-refractivity contribution in [2.24, 2.45) is 0 Å². The molecule has 2 rings (SSSR count). The Bertz CT molecular complexity index is 652. The summed E-state index contributed by atoms with van der Waals surface area (Å²) in [5.41, 5.74) is 6.89. The second-order valence-electron chi connectivity index (χ2n) is 6.32. The Morgan fingerprint density at radius 2 is 1.83 bits per heavy atom. The van der Waals surface area contributed by atoms with Gasteiger partial charge in [-0.15, -0.1) is 0 Å². The van der Waals surface area contributed by atoms with Gasteiger partial charge < -0.3 is 10.5 Å². The highest BCUT2D eigenvalue weighted by Crippen LogP contribution is 2.28. The monoisotopic (exact) mass is 354 g/mol. The fraction of sp³-hybridized carbons (Fsp3) is 0.588. The fourth-order valence-corrected chi connectivity index (χ4v) is 5.29. The molecular formula is C17H26N2O4S. The van der Waals surface area contributed by atoms with E-state index in [0.717, 1.165) is 32.1 Å². The largest absolute Gasteiger partial charge is 0.468 e. The number of nitrogens with zero attached hydrogens (tertiary/aromatic N) is 1. The van der Waals surface area contributed by atoms with Gasteiger partial charge in [0.2, 0.25) is 10.0 Å². The molecule has 0 unspecified atom stereocenters. The molecule has 0 amide bonds. The number of nitrogen functional groups attached to an aromatic ring is 1. The molecule has 1 atom stereocenters.